The molecule has 1 unspecified atom stereocenters. The Bertz CT molecular complexity index is 548. The number of ether oxygens (including phenoxy) is 2. The van der Waals surface area contributed by atoms with Crippen molar-refractivity contribution in [1.82, 2.24) is 19.8 Å². The first-order valence-corrected chi connectivity index (χ1v) is 7.91. The molecule has 0 saturated carbocycles. The Morgan fingerprint density at radius 2 is 2.00 bits per heavy atom. The normalized spacial score (nSPS) is 21.4. The molecular formula is C15H23N5O3. The van der Waals surface area contributed by atoms with Crippen molar-refractivity contribution in [2.45, 2.75) is 12.5 Å². The summed E-state index contributed by atoms with van der Waals surface area (Å²) in [6.07, 6.45) is 4.07. The molecule has 0 bridgehead atoms. The molecule has 2 aliphatic rings. The number of amides is 2. The van der Waals surface area contributed by atoms with Gasteiger partial charge in [0.25, 0.3) is 5.88 Å². The van der Waals surface area contributed by atoms with E-state index < -0.39 is 0 Å². The molecule has 0 aliphatic carbocycles. The molecule has 1 aromatic rings. The van der Waals surface area contributed by atoms with Crippen LogP contribution in [0.5, 0.6) is 5.88 Å². The Balaban J connectivity index is 1.66. The molecule has 3 rings (SSSR count). The molecule has 8 nitrogen and oxygen atoms in total. The second kappa shape index (κ2) is 6.99. The summed E-state index contributed by atoms with van der Waals surface area (Å²) < 4.78 is 11.4. The van der Waals surface area contributed by atoms with Gasteiger partial charge in [0, 0.05) is 52.5 Å². The smallest absolute Gasteiger partial charge is 0.319 e. The summed E-state index contributed by atoms with van der Waals surface area (Å²) in [4.78, 5) is 26.3. The minimum Gasteiger partial charge on any atom is -0.470 e. The van der Waals surface area contributed by atoms with E-state index in [4.69, 9.17) is 9.47 Å². The van der Waals surface area contributed by atoms with Crippen molar-refractivity contribution in [1.29, 1.82) is 0 Å². The number of hydrogen-bond donors (Lipinski definition) is 0. The van der Waals surface area contributed by atoms with Gasteiger partial charge in [0.15, 0.2) is 5.82 Å². The van der Waals surface area contributed by atoms with Crippen LogP contribution in [0.3, 0.4) is 0 Å². The van der Waals surface area contributed by atoms with Crippen molar-refractivity contribution in [3.8, 4) is 5.88 Å². The average Bonchev–Trinajstić information content (AvgIpc) is 3.04. The molecule has 126 valence electrons. The highest BCUT2D eigenvalue weighted by Crippen LogP contribution is 2.26. The predicted molar refractivity (Wildman–Crippen MR) is 84.8 cm³/mol. The van der Waals surface area contributed by atoms with E-state index in [1.165, 1.54) is 0 Å². The zero-order chi connectivity index (χ0) is 16.2. The van der Waals surface area contributed by atoms with Gasteiger partial charge in [0.2, 0.25) is 0 Å². The minimum atomic E-state index is -0.0459. The Morgan fingerprint density at radius 3 is 2.74 bits per heavy atom. The summed E-state index contributed by atoms with van der Waals surface area (Å²) in [6, 6.07) is 0.0173. The number of hydrogen-bond acceptors (Lipinski definition) is 6. The maximum atomic E-state index is 12.0. The topological polar surface area (TPSA) is 71.0 Å². The number of aromatic nitrogens is 2. The highest BCUT2D eigenvalue weighted by molar-refractivity contribution is 5.74. The Kier molecular flexibility index (Phi) is 4.80. The van der Waals surface area contributed by atoms with Crippen LogP contribution >= 0.6 is 0 Å². The molecule has 2 aliphatic heterocycles. The molecule has 2 saturated heterocycles. The van der Waals surface area contributed by atoms with Gasteiger partial charge in [-0.15, -0.1) is 0 Å². The van der Waals surface area contributed by atoms with Crippen molar-refractivity contribution in [3.05, 3.63) is 12.4 Å². The molecule has 0 spiro atoms. The molecule has 1 atom stereocenters. The monoisotopic (exact) mass is 321 g/mol. The van der Waals surface area contributed by atoms with Crippen molar-refractivity contribution in [3.63, 3.8) is 0 Å². The van der Waals surface area contributed by atoms with E-state index in [0.29, 0.717) is 32.2 Å². The van der Waals surface area contributed by atoms with Crippen LogP contribution in [0.2, 0.25) is 0 Å². The van der Waals surface area contributed by atoms with Gasteiger partial charge in [-0.2, -0.15) is 0 Å². The number of morpholine rings is 1. The number of carbonyl (C=O) groups excluding carboxylic acids is 1. The Morgan fingerprint density at radius 1 is 1.26 bits per heavy atom. The van der Waals surface area contributed by atoms with Gasteiger partial charge >= 0.3 is 6.03 Å². The second-order valence-electron chi connectivity index (χ2n) is 5.94. The van der Waals surface area contributed by atoms with E-state index in [-0.39, 0.29) is 12.1 Å². The lowest BCUT2D eigenvalue weighted by Gasteiger charge is -2.29. The first-order valence-electron chi connectivity index (χ1n) is 7.91. The standard InChI is InChI=1S/C15H23N5O3/c1-18(2)15(21)20-6-3-12(11-20)23-14-13(16-4-5-17-14)19-7-9-22-10-8-19/h4-5,12H,3,6-11H2,1-2H3. The molecule has 0 radical (unpaired) electrons. The fourth-order valence-corrected chi connectivity index (χ4v) is 2.83. The Hall–Kier alpha value is -2.09. The van der Waals surface area contributed by atoms with Crippen molar-refractivity contribution in [2.24, 2.45) is 0 Å². The molecular weight excluding hydrogens is 298 g/mol. The van der Waals surface area contributed by atoms with Gasteiger partial charge in [-0.1, -0.05) is 0 Å². The summed E-state index contributed by atoms with van der Waals surface area (Å²) in [5.74, 6) is 1.30. The highest BCUT2D eigenvalue weighted by atomic mass is 16.5. The largest absolute Gasteiger partial charge is 0.470 e. The number of rotatable bonds is 3. The van der Waals surface area contributed by atoms with Crippen LogP contribution in [-0.4, -0.2) is 85.4 Å². The molecule has 23 heavy (non-hydrogen) atoms. The lowest BCUT2D eigenvalue weighted by Crippen LogP contribution is -2.39. The molecule has 3 heterocycles. The maximum absolute atomic E-state index is 12.0. The number of likely N-dealkylation sites (tertiary alicyclic amines) is 1. The van der Waals surface area contributed by atoms with Crippen LogP contribution in [0, 0.1) is 0 Å². The van der Waals surface area contributed by atoms with Gasteiger partial charge in [0.1, 0.15) is 6.10 Å². The fraction of sp³-hybridized carbons (Fsp3) is 0.667. The van der Waals surface area contributed by atoms with Crippen molar-refractivity contribution < 1.29 is 14.3 Å². The SMILES string of the molecule is CN(C)C(=O)N1CCC(Oc2nccnc2N2CCOCC2)C1. The number of nitrogens with zero attached hydrogens (tertiary/aromatic N) is 5. The summed E-state index contributed by atoms with van der Waals surface area (Å²) in [7, 11) is 3.52. The fourth-order valence-electron chi connectivity index (χ4n) is 2.83. The highest BCUT2D eigenvalue weighted by Gasteiger charge is 2.30. The zero-order valence-corrected chi connectivity index (χ0v) is 13.6. The Labute approximate surface area is 136 Å². The second-order valence-corrected chi connectivity index (χ2v) is 5.94. The number of urea groups is 1. The lowest BCUT2D eigenvalue weighted by atomic mass is 10.3. The van der Waals surface area contributed by atoms with E-state index in [1.807, 2.05) is 0 Å². The van der Waals surface area contributed by atoms with Gasteiger partial charge in [-0.3, -0.25) is 0 Å². The summed E-state index contributed by atoms with van der Waals surface area (Å²) in [5.41, 5.74) is 0. The van der Waals surface area contributed by atoms with Crippen molar-refractivity contribution in [2.75, 3.05) is 58.4 Å². The summed E-state index contributed by atoms with van der Waals surface area (Å²) >= 11 is 0. The zero-order valence-electron chi connectivity index (χ0n) is 13.6. The van der Waals surface area contributed by atoms with E-state index in [1.54, 1.807) is 36.3 Å². The third kappa shape index (κ3) is 3.64. The van der Waals surface area contributed by atoms with Gasteiger partial charge in [-0.05, 0) is 0 Å². The quantitative estimate of drug-likeness (QED) is 0.805. The minimum absolute atomic E-state index is 0.0173. The van der Waals surface area contributed by atoms with Gasteiger partial charge < -0.3 is 24.2 Å². The molecule has 8 heteroatoms. The van der Waals surface area contributed by atoms with Crippen LogP contribution in [-0.2, 0) is 4.74 Å². The predicted octanol–water partition coefficient (Wildman–Crippen LogP) is 0.448. The van der Waals surface area contributed by atoms with E-state index in [2.05, 4.69) is 14.9 Å². The number of anilines is 1. The van der Waals surface area contributed by atoms with Gasteiger partial charge in [-0.25, -0.2) is 14.8 Å². The van der Waals surface area contributed by atoms with Crippen LogP contribution in [0.15, 0.2) is 12.4 Å². The maximum Gasteiger partial charge on any atom is 0.319 e. The van der Waals surface area contributed by atoms with Crippen LogP contribution in [0.4, 0.5) is 10.6 Å². The van der Waals surface area contributed by atoms with Crippen LogP contribution in [0.25, 0.3) is 0 Å². The first-order chi connectivity index (χ1) is 11.1. The molecule has 2 fully saturated rings. The lowest BCUT2D eigenvalue weighted by molar-refractivity contribution is 0.121. The van der Waals surface area contributed by atoms with E-state index in [9.17, 15) is 4.79 Å². The third-order valence-corrected chi connectivity index (χ3v) is 4.03. The average molecular weight is 321 g/mol. The molecule has 1 aromatic heterocycles. The summed E-state index contributed by atoms with van der Waals surface area (Å²) in [5, 5.41) is 0. The number of carbonyl (C=O) groups is 1. The van der Waals surface area contributed by atoms with Crippen LogP contribution < -0.4 is 9.64 Å². The molecule has 0 aromatic carbocycles. The third-order valence-electron chi connectivity index (χ3n) is 4.03. The van der Waals surface area contributed by atoms with E-state index in [0.717, 1.165) is 25.3 Å². The van der Waals surface area contributed by atoms with E-state index >= 15 is 0 Å². The summed E-state index contributed by atoms with van der Waals surface area (Å²) in [6.45, 7) is 4.22. The molecule has 0 N–H and O–H groups in total. The molecule has 2 amide bonds. The first kappa shape index (κ1) is 15.8. The van der Waals surface area contributed by atoms with Crippen molar-refractivity contribution >= 4 is 11.8 Å². The van der Waals surface area contributed by atoms with Gasteiger partial charge in [0.05, 0.1) is 19.8 Å². The van der Waals surface area contributed by atoms with Crippen LogP contribution in [0.1, 0.15) is 6.42 Å².